The summed E-state index contributed by atoms with van der Waals surface area (Å²) in [6, 6.07) is 14.5. The van der Waals surface area contributed by atoms with E-state index in [0.29, 0.717) is 47.8 Å². The molecule has 6 rings (SSSR count). The van der Waals surface area contributed by atoms with Crippen LogP contribution in [-0.2, 0) is 24.5 Å². The number of aromatic nitrogens is 7. The molecule has 0 unspecified atom stereocenters. The van der Waals surface area contributed by atoms with Crippen LogP contribution in [-0.4, -0.2) is 34.5 Å². The molecule has 5 aromatic rings. The molecule has 0 bridgehead atoms. The Balaban J connectivity index is 1.41. The topological polar surface area (TPSA) is 96.7 Å². The van der Waals surface area contributed by atoms with Crippen LogP contribution in [0.1, 0.15) is 42.7 Å². The summed E-state index contributed by atoms with van der Waals surface area (Å²) in [4.78, 5) is 9.12. The van der Waals surface area contributed by atoms with Crippen LogP contribution in [0.2, 0.25) is 0 Å². The number of fused-ring (bicyclic) bond motifs is 5. The van der Waals surface area contributed by atoms with Crippen LogP contribution in [0.5, 0.6) is 0 Å². The number of nitrogens with zero attached hydrogens (tertiary/aromatic N) is 7. The van der Waals surface area contributed by atoms with Gasteiger partial charge in [0.1, 0.15) is 24.4 Å². The van der Waals surface area contributed by atoms with Gasteiger partial charge in [-0.1, -0.05) is 49.3 Å². The molecule has 3 aromatic heterocycles. The third-order valence-electron chi connectivity index (χ3n) is 5.95. The van der Waals surface area contributed by atoms with Gasteiger partial charge in [-0.3, -0.25) is 4.57 Å². The molecule has 0 saturated carbocycles. The predicted molar refractivity (Wildman–Crippen MR) is 124 cm³/mol. The number of hydrogen-bond acceptors (Lipinski definition) is 7. The van der Waals surface area contributed by atoms with Crippen molar-refractivity contribution in [2.75, 3.05) is 0 Å². The Hall–Kier alpha value is -4.18. The number of hydrogen-bond donors (Lipinski definition) is 0. The number of imidazole rings is 1. The molecular weight excluding hydrogens is 449 g/mol. The first-order chi connectivity index (χ1) is 17.1. The SMILES string of the molecule is CC(C)c1nc(-c2ncn3c2Cn2c(COCc4ccccc4)nnc2-c2cc(F)ccc2-3)no1. The Bertz CT molecular complexity index is 1500. The van der Waals surface area contributed by atoms with Crippen LogP contribution in [0.15, 0.2) is 59.4 Å². The second-order valence-corrected chi connectivity index (χ2v) is 8.69. The second-order valence-electron chi connectivity index (χ2n) is 8.69. The molecule has 0 aliphatic carbocycles. The number of halogens is 1. The monoisotopic (exact) mass is 471 g/mol. The average molecular weight is 471 g/mol. The Morgan fingerprint density at radius 2 is 1.94 bits per heavy atom. The lowest BCUT2D eigenvalue weighted by atomic mass is 10.1. The molecule has 0 spiro atoms. The summed E-state index contributed by atoms with van der Waals surface area (Å²) in [5.74, 6) is 1.87. The predicted octanol–water partition coefficient (Wildman–Crippen LogP) is 4.52. The van der Waals surface area contributed by atoms with Crippen molar-refractivity contribution in [1.29, 1.82) is 0 Å². The first kappa shape index (κ1) is 21.4. The largest absolute Gasteiger partial charge is 0.369 e. The zero-order chi connectivity index (χ0) is 23.9. The Morgan fingerprint density at radius 3 is 2.74 bits per heavy atom. The number of ether oxygens (including phenoxy) is 1. The van der Waals surface area contributed by atoms with Gasteiger partial charge >= 0.3 is 0 Å². The van der Waals surface area contributed by atoms with Gasteiger partial charge in [-0.2, -0.15) is 4.98 Å². The third-order valence-corrected chi connectivity index (χ3v) is 5.95. The van der Waals surface area contributed by atoms with Crippen molar-refractivity contribution in [3.8, 4) is 28.6 Å². The van der Waals surface area contributed by atoms with E-state index in [9.17, 15) is 4.39 Å². The molecule has 4 heterocycles. The Morgan fingerprint density at radius 1 is 1.09 bits per heavy atom. The minimum Gasteiger partial charge on any atom is -0.369 e. The molecule has 9 nitrogen and oxygen atoms in total. The molecule has 35 heavy (non-hydrogen) atoms. The fourth-order valence-electron chi connectivity index (χ4n) is 4.17. The van der Waals surface area contributed by atoms with Crippen LogP contribution in [0, 0.1) is 5.82 Å². The molecular formula is C25H22FN7O2. The van der Waals surface area contributed by atoms with E-state index in [1.54, 1.807) is 12.4 Å². The quantitative estimate of drug-likeness (QED) is 0.352. The van der Waals surface area contributed by atoms with E-state index in [-0.39, 0.29) is 18.3 Å². The Labute approximate surface area is 200 Å². The lowest BCUT2D eigenvalue weighted by Crippen LogP contribution is -2.10. The summed E-state index contributed by atoms with van der Waals surface area (Å²) in [6.07, 6.45) is 1.69. The van der Waals surface area contributed by atoms with Gasteiger partial charge in [0.25, 0.3) is 0 Å². The van der Waals surface area contributed by atoms with Gasteiger partial charge in [-0.15, -0.1) is 10.2 Å². The highest BCUT2D eigenvalue weighted by molar-refractivity contribution is 5.71. The molecule has 0 atom stereocenters. The van der Waals surface area contributed by atoms with Crippen LogP contribution in [0.3, 0.4) is 0 Å². The van der Waals surface area contributed by atoms with Crippen molar-refractivity contribution in [2.45, 2.75) is 39.5 Å². The van der Waals surface area contributed by atoms with Crippen molar-refractivity contribution in [3.63, 3.8) is 0 Å². The molecule has 0 amide bonds. The Kier molecular flexibility index (Phi) is 5.22. The first-order valence-corrected chi connectivity index (χ1v) is 11.3. The van der Waals surface area contributed by atoms with E-state index in [1.807, 2.05) is 53.3 Å². The summed E-state index contributed by atoms with van der Waals surface area (Å²) < 4.78 is 29.5. The molecule has 0 fully saturated rings. The van der Waals surface area contributed by atoms with E-state index in [0.717, 1.165) is 16.9 Å². The highest BCUT2D eigenvalue weighted by atomic mass is 19.1. The summed E-state index contributed by atoms with van der Waals surface area (Å²) >= 11 is 0. The van der Waals surface area contributed by atoms with Gasteiger partial charge < -0.3 is 13.8 Å². The summed E-state index contributed by atoms with van der Waals surface area (Å²) in [6.45, 7) is 5.04. The smallest absolute Gasteiger partial charge is 0.229 e. The van der Waals surface area contributed by atoms with Crippen LogP contribution >= 0.6 is 0 Å². The maximum Gasteiger partial charge on any atom is 0.229 e. The van der Waals surface area contributed by atoms with Crippen molar-refractivity contribution in [2.24, 2.45) is 0 Å². The highest BCUT2D eigenvalue weighted by Crippen LogP contribution is 2.35. The fourth-order valence-corrected chi connectivity index (χ4v) is 4.17. The summed E-state index contributed by atoms with van der Waals surface area (Å²) in [5.41, 5.74) is 3.83. The molecule has 2 aromatic carbocycles. The molecule has 176 valence electrons. The first-order valence-electron chi connectivity index (χ1n) is 11.3. The maximum absolute atomic E-state index is 14.3. The van der Waals surface area contributed by atoms with Crippen molar-refractivity contribution < 1.29 is 13.7 Å². The average Bonchev–Trinajstić information content (AvgIpc) is 3.58. The number of rotatable bonds is 6. The van der Waals surface area contributed by atoms with Gasteiger partial charge in [-0.25, -0.2) is 9.37 Å². The van der Waals surface area contributed by atoms with Crippen LogP contribution in [0.25, 0.3) is 28.6 Å². The van der Waals surface area contributed by atoms with Gasteiger partial charge in [0.05, 0.1) is 24.5 Å². The second kappa shape index (κ2) is 8.55. The molecule has 0 saturated heterocycles. The normalized spacial score (nSPS) is 12.3. The number of benzene rings is 2. The minimum atomic E-state index is -0.358. The van der Waals surface area contributed by atoms with Gasteiger partial charge in [0.15, 0.2) is 11.6 Å². The summed E-state index contributed by atoms with van der Waals surface area (Å²) in [7, 11) is 0. The lowest BCUT2D eigenvalue weighted by molar-refractivity contribution is 0.0994. The molecule has 1 aliphatic heterocycles. The molecule has 0 N–H and O–H groups in total. The van der Waals surface area contributed by atoms with Gasteiger partial charge in [0, 0.05) is 11.5 Å². The minimum absolute atomic E-state index is 0.0963. The maximum atomic E-state index is 14.3. The van der Waals surface area contributed by atoms with Crippen molar-refractivity contribution in [1.82, 2.24) is 34.5 Å². The van der Waals surface area contributed by atoms with E-state index < -0.39 is 0 Å². The molecule has 0 radical (unpaired) electrons. The zero-order valence-corrected chi connectivity index (χ0v) is 19.2. The highest BCUT2D eigenvalue weighted by Gasteiger charge is 2.28. The van der Waals surface area contributed by atoms with Crippen molar-refractivity contribution in [3.05, 3.63) is 83.6 Å². The lowest BCUT2D eigenvalue weighted by Gasteiger charge is -2.09. The van der Waals surface area contributed by atoms with Crippen molar-refractivity contribution >= 4 is 0 Å². The summed E-state index contributed by atoms with van der Waals surface area (Å²) in [5, 5.41) is 12.9. The molecule has 10 heteroatoms. The van der Waals surface area contributed by atoms with Gasteiger partial charge in [-0.05, 0) is 23.8 Å². The van der Waals surface area contributed by atoms with Crippen LogP contribution in [0.4, 0.5) is 4.39 Å². The standard InChI is InChI=1S/C25H22FN7O2/c1-15(2)25-28-23(31-35-25)22-20-11-32-21(13-34-12-16-6-4-3-5-7-16)29-30-24(32)18-10-17(26)8-9-19(18)33(20)14-27-22/h3-10,14-15H,11-13H2,1-2H3. The van der Waals surface area contributed by atoms with E-state index in [4.69, 9.17) is 9.26 Å². The third kappa shape index (κ3) is 3.81. The van der Waals surface area contributed by atoms with E-state index in [2.05, 4.69) is 25.3 Å². The van der Waals surface area contributed by atoms with E-state index >= 15 is 0 Å². The van der Waals surface area contributed by atoms with Crippen LogP contribution < -0.4 is 0 Å². The molecule has 1 aliphatic rings. The van der Waals surface area contributed by atoms with Gasteiger partial charge in [0.2, 0.25) is 11.7 Å². The zero-order valence-electron chi connectivity index (χ0n) is 19.2. The fraction of sp³-hybridized carbons (Fsp3) is 0.240. The van der Waals surface area contributed by atoms with E-state index in [1.165, 1.54) is 12.1 Å².